The minimum Gasteiger partial charge on any atom is -0.239 e. The Morgan fingerprint density at radius 3 is 2.42 bits per heavy atom. The number of rotatable bonds is 1. The Morgan fingerprint density at radius 2 is 2.00 bits per heavy atom. The van der Waals surface area contributed by atoms with Crippen LogP contribution < -0.4 is 0 Å². The zero-order valence-electron chi connectivity index (χ0n) is 6.61. The van der Waals surface area contributed by atoms with Gasteiger partial charge in [-0.1, -0.05) is 11.6 Å². The first-order valence-electron chi connectivity index (χ1n) is 3.28. The highest BCUT2D eigenvalue weighted by atomic mass is 35.5. The molecule has 12 heavy (non-hydrogen) atoms. The maximum atomic E-state index is 13.3. The van der Waals surface area contributed by atoms with E-state index in [0.29, 0.717) is 0 Å². The Balaban J connectivity index is 3.19. The second-order valence-corrected chi connectivity index (χ2v) is 3.51. The zero-order chi connectivity index (χ0) is 9.35. The van der Waals surface area contributed by atoms with Crippen LogP contribution in [0.25, 0.3) is 0 Å². The first-order valence-corrected chi connectivity index (χ1v) is 4.04. The van der Waals surface area contributed by atoms with Gasteiger partial charge >= 0.3 is 0 Å². The number of nitrogens with zero attached hydrogens (tertiary/aromatic N) is 2. The molecule has 0 aromatic carbocycles. The Labute approximate surface area is 79.7 Å². The standard InChI is InChI=1S/C7H7Cl2FN2/c1-7(2,10)4-3-11-6(9)12-5(4)8/h3H,1-2H3. The van der Waals surface area contributed by atoms with Crippen LogP contribution in [0.4, 0.5) is 4.39 Å². The fourth-order valence-electron chi connectivity index (χ4n) is 0.740. The molecule has 0 amide bonds. The second kappa shape index (κ2) is 3.15. The van der Waals surface area contributed by atoms with Crippen molar-refractivity contribution in [3.05, 3.63) is 22.2 Å². The van der Waals surface area contributed by atoms with E-state index in [1.807, 2.05) is 0 Å². The third kappa shape index (κ3) is 2.05. The van der Waals surface area contributed by atoms with Crippen LogP contribution in [0.5, 0.6) is 0 Å². The molecule has 0 aliphatic carbocycles. The van der Waals surface area contributed by atoms with Crippen molar-refractivity contribution < 1.29 is 4.39 Å². The van der Waals surface area contributed by atoms with Crippen molar-refractivity contribution in [1.82, 2.24) is 9.97 Å². The van der Waals surface area contributed by atoms with Crippen LogP contribution in [0.15, 0.2) is 6.20 Å². The predicted molar refractivity (Wildman–Crippen MR) is 46.2 cm³/mol. The maximum Gasteiger partial charge on any atom is 0.223 e. The van der Waals surface area contributed by atoms with Gasteiger partial charge < -0.3 is 0 Å². The summed E-state index contributed by atoms with van der Waals surface area (Å²) in [4.78, 5) is 7.26. The lowest BCUT2D eigenvalue weighted by Crippen LogP contribution is -2.11. The molecule has 0 spiro atoms. The highest BCUT2D eigenvalue weighted by molar-refractivity contribution is 6.32. The molecule has 1 heterocycles. The summed E-state index contributed by atoms with van der Waals surface area (Å²) in [5.41, 5.74) is -1.30. The first-order chi connectivity index (χ1) is 5.41. The van der Waals surface area contributed by atoms with Gasteiger partial charge in [-0.15, -0.1) is 0 Å². The van der Waals surface area contributed by atoms with Crippen LogP contribution in [-0.4, -0.2) is 9.97 Å². The fraction of sp³-hybridized carbons (Fsp3) is 0.429. The predicted octanol–water partition coefficient (Wildman–Crippen LogP) is 2.99. The van der Waals surface area contributed by atoms with Crippen LogP contribution in [0.2, 0.25) is 10.4 Å². The van der Waals surface area contributed by atoms with Crippen LogP contribution in [-0.2, 0) is 5.67 Å². The normalized spacial score (nSPS) is 11.8. The Hall–Kier alpha value is -0.410. The van der Waals surface area contributed by atoms with Gasteiger partial charge in [0.05, 0.1) is 0 Å². The molecule has 0 saturated carbocycles. The fourth-order valence-corrected chi connectivity index (χ4v) is 1.27. The SMILES string of the molecule is CC(C)(F)c1cnc(Cl)nc1Cl. The molecule has 1 aromatic rings. The Morgan fingerprint density at radius 1 is 1.42 bits per heavy atom. The number of halogens is 3. The van der Waals surface area contributed by atoms with Gasteiger partial charge in [-0.3, -0.25) is 0 Å². The molecule has 2 nitrogen and oxygen atoms in total. The van der Waals surface area contributed by atoms with Crippen molar-refractivity contribution >= 4 is 23.2 Å². The van der Waals surface area contributed by atoms with Gasteiger partial charge in [-0.25, -0.2) is 14.4 Å². The Kier molecular flexibility index (Phi) is 2.54. The lowest BCUT2D eigenvalue weighted by Gasteiger charge is -2.14. The summed E-state index contributed by atoms with van der Waals surface area (Å²) in [5, 5.41) is 0.0792. The summed E-state index contributed by atoms with van der Waals surface area (Å²) in [5.74, 6) is 0. The number of aromatic nitrogens is 2. The van der Waals surface area contributed by atoms with E-state index in [1.165, 1.54) is 20.0 Å². The minimum absolute atomic E-state index is 0.0213. The van der Waals surface area contributed by atoms with Crippen molar-refractivity contribution in [1.29, 1.82) is 0 Å². The summed E-state index contributed by atoms with van der Waals surface area (Å²) in [6.45, 7) is 2.76. The molecular weight excluding hydrogens is 202 g/mol. The summed E-state index contributed by atoms with van der Waals surface area (Å²) < 4.78 is 13.3. The van der Waals surface area contributed by atoms with Crippen LogP contribution in [0.1, 0.15) is 19.4 Å². The lowest BCUT2D eigenvalue weighted by molar-refractivity contribution is 0.220. The van der Waals surface area contributed by atoms with Crippen LogP contribution in [0.3, 0.4) is 0 Å². The molecule has 0 saturated heterocycles. The third-order valence-electron chi connectivity index (χ3n) is 1.35. The molecule has 0 unspecified atom stereocenters. The van der Waals surface area contributed by atoms with Gasteiger partial charge in [0.15, 0.2) is 0 Å². The van der Waals surface area contributed by atoms with Gasteiger partial charge in [0.2, 0.25) is 5.28 Å². The van der Waals surface area contributed by atoms with E-state index in [4.69, 9.17) is 23.2 Å². The van der Waals surface area contributed by atoms with Crippen molar-refractivity contribution in [3.8, 4) is 0 Å². The molecule has 1 aromatic heterocycles. The highest BCUT2D eigenvalue weighted by Gasteiger charge is 2.23. The van der Waals surface area contributed by atoms with Crippen LogP contribution >= 0.6 is 23.2 Å². The summed E-state index contributed by atoms with van der Waals surface area (Å²) in [6, 6.07) is 0. The van der Waals surface area contributed by atoms with Gasteiger partial charge in [0.1, 0.15) is 10.8 Å². The molecule has 0 fully saturated rings. The van der Waals surface area contributed by atoms with Crippen molar-refractivity contribution in [2.24, 2.45) is 0 Å². The quantitative estimate of drug-likeness (QED) is 0.524. The van der Waals surface area contributed by atoms with E-state index in [-0.39, 0.29) is 16.0 Å². The maximum absolute atomic E-state index is 13.3. The molecule has 66 valence electrons. The highest BCUT2D eigenvalue weighted by Crippen LogP contribution is 2.29. The monoisotopic (exact) mass is 208 g/mol. The van der Waals surface area contributed by atoms with E-state index in [0.717, 1.165) is 0 Å². The summed E-state index contributed by atoms with van der Waals surface area (Å²) in [7, 11) is 0. The number of hydrogen-bond donors (Lipinski definition) is 0. The molecule has 0 N–H and O–H groups in total. The van der Waals surface area contributed by atoms with E-state index in [2.05, 4.69) is 9.97 Å². The van der Waals surface area contributed by atoms with Gasteiger partial charge in [-0.05, 0) is 25.4 Å². The lowest BCUT2D eigenvalue weighted by atomic mass is 10.0. The topological polar surface area (TPSA) is 25.8 Å². The second-order valence-electron chi connectivity index (χ2n) is 2.82. The van der Waals surface area contributed by atoms with Gasteiger partial charge in [0, 0.05) is 11.8 Å². The largest absolute Gasteiger partial charge is 0.239 e. The molecular formula is C7H7Cl2FN2. The Bertz CT molecular complexity index is 296. The van der Waals surface area contributed by atoms with Crippen molar-refractivity contribution in [2.45, 2.75) is 19.5 Å². The van der Waals surface area contributed by atoms with Gasteiger partial charge in [-0.2, -0.15) is 0 Å². The molecule has 0 atom stereocenters. The minimum atomic E-state index is -1.54. The van der Waals surface area contributed by atoms with Crippen LogP contribution in [0, 0.1) is 0 Å². The molecule has 0 aliphatic rings. The molecule has 5 heteroatoms. The third-order valence-corrected chi connectivity index (χ3v) is 1.82. The van der Waals surface area contributed by atoms with E-state index in [9.17, 15) is 4.39 Å². The smallest absolute Gasteiger partial charge is 0.223 e. The van der Waals surface area contributed by atoms with E-state index < -0.39 is 5.67 Å². The summed E-state index contributed by atoms with van der Waals surface area (Å²) >= 11 is 11.1. The van der Waals surface area contributed by atoms with Crippen molar-refractivity contribution in [2.75, 3.05) is 0 Å². The average Bonchev–Trinajstić information content (AvgIpc) is 1.83. The molecule has 0 aliphatic heterocycles. The van der Waals surface area contributed by atoms with Crippen molar-refractivity contribution in [3.63, 3.8) is 0 Å². The molecule has 0 bridgehead atoms. The van der Waals surface area contributed by atoms with E-state index in [1.54, 1.807) is 0 Å². The molecule has 1 rings (SSSR count). The van der Waals surface area contributed by atoms with Gasteiger partial charge in [0.25, 0.3) is 0 Å². The van der Waals surface area contributed by atoms with E-state index >= 15 is 0 Å². The first kappa shape index (κ1) is 9.68. The number of alkyl halides is 1. The molecule has 0 radical (unpaired) electrons. The average molecular weight is 209 g/mol. The number of hydrogen-bond acceptors (Lipinski definition) is 2. The zero-order valence-corrected chi connectivity index (χ0v) is 8.12. The summed E-state index contributed by atoms with van der Waals surface area (Å²) in [6.07, 6.45) is 1.29.